The average Bonchev–Trinajstić information content (AvgIpc) is 2.39. The van der Waals surface area contributed by atoms with Crippen molar-refractivity contribution in [1.82, 2.24) is 0 Å². The number of para-hydroxylation sites is 1. The zero-order valence-corrected chi connectivity index (χ0v) is 11.3. The van der Waals surface area contributed by atoms with Crippen molar-refractivity contribution in [3.63, 3.8) is 0 Å². The minimum Gasteiger partial charge on any atom is -0.368 e. The minimum atomic E-state index is -0.228. The summed E-state index contributed by atoms with van der Waals surface area (Å²) < 4.78 is 14.1. The molecule has 1 unspecified atom stereocenters. The largest absolute Gasteiger partial charge is 0.368 e. The monoisotopic (exact) mass is 258 g/mol. The predicted molar refractivity (Wildman–Crippen MR) is 77.6 cm³/mol. The Morgan fingerprint density at radius 3 is 2.42 bits per heavy atom. The van der Waals surface area contributed by atoms with Crippen molar-refractivity contribution >= 4 is 5.69 Å². The SMILES string of the molecule is CC(N)c1cccc(F)c1N(C)Cc1ccccc1. The van der Waals surface area contributed by atoms with E-state index in [1.807, 2.05) is 55.3 Å². The lowest BCUT2D eigenvalue weighted by Gasteiger charge is -2.24. The molecule has 3 heteroatoms. The molecule has 2 rings (SSSR count). The van der Waals surface area contributed by atoms with Crippen molar-refractivity contribution in [2.75, 3.05) is 11.9 Å². The minimum absolute atomic E-state index is 0.191. The van der Waals surface area contributed by atoms with Crippen molar-refractivity contribution in [2.45, 2.75) is 19.5 Å². The molecule has 2 aromatic carbocycles. The summed E-state index contributed by atoms with van der Waals surface area (Å²) in [7, 11) is 1.89. The Bertz CT molecular complexity index is 538. The fraction of sp³-hybridized carbons (Fsp3) is 0.250. The Labute approximate surface area is 113 Å². The molecule has 19 heavy (non-hydrogen) atoms. The van der Waals surface area contributed by atoms with Gasteiger partial charge in [0.1, 0.15) is 5.82 Å². The number of nitrogens with zero attached hydrogens (tertiary/aromatic N) is 1. The maximum Gasteiger partial charge on any atom is 0.146 e. The molecule has 0 saturated heterocycles. The van der Waals surface area contributed by atoms with Crippen LogP contribution in [-0.2, 0) is 6.54 Å². The summed E-state index contributed by atoms with van der Waals surface area (Å²) >= 11 is 0. The maximum absolute atomic E-state index is 14.1. The summed E-state index contributed by atoms with van der Waals surface area (Å²) in [6.07, 6.45) is 0. The van der Waals surface area contributed by atoms with Crippen molar-refractivity contribution in [3.8, 4) is 0 Å². The Morgan fingerprint density at radius 1 is 1.11 bits per heavy atom. The molecule has 0 fully saturated rings. The molecular formula is C16H19FN2. The van der Waals surface area contributed by atoms with Gasteiger partial charge in [0.05, 0.1) is 5.69 Å². The summed E-state index contributed by atoms with van der Waals surface area (Å²) in [4.78, 5) is 1.91. The molecule has 0 aromatic heterocycles. The average molecular weight is 258 g/mol. The molecule has 0 aliphatic rings. The molecule has 0 radical (unpaired) electrons. The third-order valence-corrected chi connectivity index (χ3v) is 3.15. The molecule has 0 heterocycles. The fourth-order valence-electron chi connectivity index (χ4n) is 2.24. The smallest absolute Gasteiger partial charge is 0.146 e. The van der Waals surface area contributed by atoms with E-state index < -0.39 is 0 Å². The van der Waals surface area contributed by atoms with Gasteiger partial charge in [-0.2, -0.15) is 0 Å². The van der Waals surface area contributed by atoms with Crippen molar-refractivity contribution in [2.24, 2.45) is 5.73 Å². The number of hydrogen-bond acceptors (Lipinski definition) is 2. The zero-order chi connectivity index (χ0) is 13.8. The standard InChI is InChI=1S/C16H19FN2/c1-12(18)14-9-6-10-15(17)16(14)19(2)11-13-7-4-3-5-8-13/h3-10,12H,11,18H2,1-2H3. The van der Waals surface area contributed by atoms with E-state index >= 15 is 0 Å². The van der Waals surface area contributed by atoms with Gasteiger partial charge in [-0.1, -0.05) is 42.5 Å². The van der Waals surface area contributed by atoms with Crippen LogP contribution >= 0.6 is 0 Å². The summed E-state index contributed by atoms with van der Waals surface area (Å²) in [5.74, 6) is -0.228. The van der Waals surface area contributed by atoms with Gasteiger partial charge in [0.15, 0.2) is 0 Å². The van der Waals surface area contributed by atoms with E-state index in [9.17, 15) is 4.39 Å². The first-order valence-electron chi connectivity index (χ1n) is 6.38. The highest BCUT2D eigenvalue weighted by Gasteiger charge is 2.15. The normalized spacial score (nSPS) is 12.2. The first-order valence-corrected chi connectivity index (χ1v) is 6.38. The fourth-order valence-corrected chi connectivity index (χ4v) is 2.24. The second-order valence-corrected chi connectivity index (χ2v) is 4.81. The predicted octanol–water partition coefficient (Wildman–Crippen LogP) is 3.48. The number of nitrogens with two attached hydrogens (primary N) is 1. The van der Waals surface area contributed by atoms with Gasteiger partial charge in [-0.05, 0) is 24.1 Å². The van der Waals surface area contributed by atoms with Crippen LogP contribution in [0, 0.1) is 5.82 Å². The van der Waals surface area contributed by atoms with Crippen LogP contribution < -0.4 is 10.6 Å². The zero-order valence-electron chi connectivity index (χ0n) is 11.3. The first-order chi connectivity index (χ1) is 9.09. The van der Waals surface area contributed by atoms with E-state index in [0.717, 1.165) is 11.1 Å². The van der Waals surface area contributed by atoms with Gasteiger partial charge in [-0.3, -0.25) is 0 Å². The van der Waals surface area contributed by atoms with Crippen LogP contribution in [0.4, 0.5) is 10.1 Å². The summed E-state index contributed by atoms with van der Waals surface area (Å²) in [6.45, 7) is 2.52. The molecule has 2 N–H and O–H groups in total. The molecule has 100 valence electrons. The van der Waals surface area contributed by atoms with Crippen LogP contribution in [0.5, 0.6) is 0 Å². The number of hydrogen-bond donors (Lipinski definition) is 1. The molecule has 0 amide bonds. The number of anilines is 1. The lowest BCUT2D eigenvalue weighted by atomic mass is 10.0. The second-order valence-electron chi connectivity index (χ2n) is 4.81. The van der Waals surface area contributed by atoms with Gasteiger partial charge < -0.3 is 10.6 Å². The molecule has 2 aromatic rings. The number of halogens is 1. The maximum atomic E-state index is 14.1. The van der Waals surface area contributed by atoms with Crippen LogP contribution in [0.2, 0.25) is 0 Å². The van der Waals surface area contributed by atoms with E-state index in [1.54, 1.807) is 6.07 Å². The Hall–Kier alpha value is -1.87. The van der Waals surface area contributed by atoms with Crippen molar-refractivity contribution in [1.29, 1.82) is 0 Å². The highest BCUT2D eigenvalue weighted by molar-refractivity contribution is 5.55. The number of rotatable bonds is 4. The highest BCUT2D eigenvalue weighted by atomic mass is 19.1. The molecule has 0 spiro atoms. The van der Waals surface area contributed by atoms with Gasteiger partial charge in [0, 0.05) is 19.6 Å². The van der Waals surface area contributed by atoms with Crippen LogP contribution in [-0.4, -0.2) is 7.05 Å². The van der Waals surface area contributed by atoms with E-state index in [-0.39, 0.29) is 11.9 Å². The summed E-state index contributed by atoms with van der Waals surface area (Å²) in [5.41, 5.74) is 8.48. The van der Waals surface area contributed by atoms with E-state index in [2.05, 4.69) is 0 Å². The summed E-state index contributed by atoms with van der Waals surface area (Å²) in [5, 5.41) is 0. The highest BCUT2D eigenvalue weighted by Crippen LogP contribution is 2.28. The molecule has 1 atom stereocenters. The van der Waals surface area contributed by atoms with Gasteiger partial charge in [-0.15, -0.1) is 0 Å². The van der Waals surface area contributed by atoms with Crippen molar-refractivity contribution < 1.29 is 4.39 Å². The number of benzene rings is 2. The lowest BCUT2D eigenvalue weighted by molar-refractivity contribution is 0.616. The Balaban J connectivity index is 2.31. The third kappa shape index (κ3) is 3.12. The third-order valence-electron chi connectivity index (χ3n) is 3.15. The Morgan fingerprint density at radius 2 is 1.79 bits per heavy atom. The first kappa shape index (κ1) is 13.6. The van der Waals surface area contributed by atoms with Crippen LogP contribution in [0.15, 0.2) is 48.5 Å². The molecule has 0 bridgehead atoms. The molecule has 0 saturated carbocycles. The van der Waals surface area contributed by atoms with Gasteiger partial charge in [0.2, 0.25) is 0 Å². The summed E-state index contributed by atoms with van der Waals surface area (Å²) in [6, 6.07) is 14.9. The Kier molecular flexibility index (Phi) is 4.17. The van der Waals surface area contributed by atoms with Gasteiger partial charge in [0.25, 0.3) is 0 Å². The molecule has 2 nitrogen and oxygen atoms in total. The van der Waals surface area contributed by atoms with Gasteiger partial charge in [-0.25, -0.2) is 4.39 Å². The second kappa shape index (κ2) is 5.85. The van der Waals surface area contributed by atoms with Crippen LogP contribution in [0.1, 0.15) is 24.1 Å². The topological polar surface area (TPSA) is 29.3 Å². The van der Waals surface area contributed by atoms with Crippen molar-refractivity contribution in [3.05, 3.63) is 65.5 Å². The van der Waals surface area contributed by atoms with Crippen LogP contribution in [0.25, 0.3) is 0 Å². The van der Waals surface area contributed by atoms with Gasteiger partial charge >= 0.3 is 0 Å². The molecule has 0 aliphatic carbocycles. The molecular weight excluding hydrogens is 239 g/mol. The lowest BCUT2D eigenvalue weighted by Crippen LogP contribution is -2.21. The van der Waals surface area contributed by atoms with E-state index in [0.29, 0.717) is 12.2 Å². The van der Waals surface area contributed by atoms with E-state index in [1.165, 1.54) is 6.07 Å². The molecule has 0 aliphatic heterocycles. The van der Waals surface area contributed by atoms with E-state index in [4.69, 9.17) is 5.73 Å². The van der Waals surface area contributed by atoms with Crippen LogP contribution in [0.3, 0.4) is 0 Å². The quantitative estimate of drug-likeness (QED) is 0.909.